The molecule has 6 heteroatoms. The molecule has 3 heterocycles. The Morgan fingerprint density at radius 1 is 1.30 bits per heavy atom. The van der Waals surface area contributed by atoms with E-state index in [1.54, 1.807) is 0 Å². The van der Waals surface area contributed by atoms with Gasteiger partial charge in [0.2, 0.25) is 0 Å². The van der Waals surface area contributed by atoms with Crippen LogP contribution < -0.4 is 0 Å². The smallest absolute Gasteiger partial charge is 0.311 e. The molecule has 146 valence electrons. The fourth-order valence-electron chi connectivity index (χ4n) is 5.80. The van der Waals surface area contributed by atoms with Crippen molar-refractivity contribution in [3.63, 3.8) is 0 Å². The lowest BCUT2D eigenvalue weighted by atomic mass is 9.65. The van der Waals surface area contributed by atoms with Gasteiger partial charge in [-0.15, -0.1) is 12.4 Å². The minimum absolute atomic E-state index is 0. The van der Waals surface area contributed by atoms with Crippen molar-refractivity contribution in [3.8, 4) is 0 Å². The molecule has 1 aliphatic carbocycles. The van der Waals surface area contributed by atoms with Crippen LogP contribution in [0.25, 0.3) is 10.9 Å². The zero-order chi connectivity index (χ0) is 17.8. The molecule has 1 aromatic carbocycles. The molecule has 3 aliphatic rings. The first-order valence-electron chi connectivity index (χ1n) is 9.76. The van der Waals surface area contributed by atoms with Crippen LogP contribution >= 0.6 is 12.4 Å². The molecular weight excluding hydrogens is 364 g/mol. The van der Waals surface area contributed by atoms with Gasteiger partial charge in [0, 0.05) is 29.7 Å². The first kappa shape index (κ1) is 18.8. The number of halogens is 1. The molecule has 5 rings (SSSR count). The van der Waals surface area contributed by atoms with E-state index >= 15 is 0 Å². The summed E-state index contributed by atoms with van der Waals surface area (Å²) in [7, 11) is 1.43. The minimum atomic E-state index is -0.568. The third-order valence-electron chi connectivity index (χ3n) is 7.02. The molecular formula is C21H27ClN2O3. The number of fused-ring (bicyclic) bond motifs is 6. The molecule has 0 amide bonds. The number of carbonyl (C=O) groups is 1. The normalized spacial score (nSPS) is 32.7. The molecule has 2 N–H and O–H groups in total. The van der Waals surface area contributed by atoms with E-state index in [0.29, 0.717) is 18.4 Å². The minimum Gasteiger partial charge on any atom is -0.469 e. The number of ether oxygens (including phenoxy) is 1. The molecule has 0 radical (unpaired) electrons. The van der Waals surface area contributed by atoms with Crippen LogP contribution in [-0.2, 0) is 16.0 Å². The van der Waals surface area contributed by atoms with E-state index in [2.05, 4.69) is 34.1 Å². The highest BCUT2D eigenvalue weighted by atomic mass is 35.5. The quantitative estimate of drug-likeness (QED) is 0.734. The standard InChI is InChI=1S/C21H26N2O3.ClH/c1-26-21(25)19-15-10-17-20-14(13-4-2-3-5-16(13)22-20)8-9-23(17)11-12(15)6-7-18(19)24;/h2-5,12,15,17-19,22,24H,6-11H2,1H3;1H/t12-,15-,17-,18-,19?;/m0./s1. The predicted molar refractivity (Wildman–Crippen MR) is 106 cm³/mol. The van der Waals surface area contributed by atoms with Crippen molar-refractivity contribution in [2.75, 3.05) is 20.2 Å². The van der Waals surface area contributed by atoms with E-state index in [1.165, 1.54) is 29.3 Å². The first-order valence-corrected chi connectivity index (χ1v) is 9.76. The van der Waals surface area contributed by atoms with E-state index in [-0.39, 0.29) is 30.2 Å². The monoisotopic (exact) mass is 390 g/mol. The summed E-state index contributed by atoms with van der Waals surface area (Å²) >= 11 is 0. The Hall–Kier alpha value is -1.56. The van der Waals surface area contributed by atoms with Gasteiger partial charge in [0.1, 0.15) is 0 Å². The summed E-state index contributed by atoms with van der Waals surface area (Å²) in [5.41, 5.74) is 3.96. The number of nitrogens with zero attached hydrogens (tertiary/aromatic N) is 1. The van der Waals surface area contributed by atoms with Gasteiger partial charge >= 0.3 is 5.97 Å². The number of nitrogens with one attached hydrogen (secondary N) is 1. The van der Waals surface area contributed by atoms with E-state index in [9.17, 15) is 9.90 Å². The zero-order valence-corrected chi connectivity index (χ0v) is 16.4. The fourth-order valence-corrected chi connectivity index (χ4v) is 5.80. The summed E-state index contributed by atoms with van der Waals surface area (Å²) in [5, 5.41) is 11.8. The lowest BCUT2D eigenvalue weighted by Gasteiger charge is -2.50. The van der Waals surface area contributed by atoms with Crippen molar-refractivity contribution in [2.24, 2.45) is 17.8 Å². The average Bonchev–Trinajstić information content (AvgIpc) is 3.05. The molecule has 1 saturated heterocycles. The Morgan fingerprint density at radius 3 is 2.93 bits per heavy atom. The number of esters is 1. The van der Waals surface area contributed by atoms with Crippen LogP contribution in [0.5, 0.6) is 0 Å². The Kier molecular flexibility index (Phi) is 4.95. The van der Waals surface area contributed by atoms with Gasteiger partial charge in [0.25, 0.3) is 0 Å². The molecule has 27 heavy (non-hydrogen) atoms. The molecule has 5 atom stereocenters. The number of rotatable bonds is 1. The molecule has 2 aromatic rings. The Balaban J connectivity index is 0.00000180. The zero-order valence-electron chi connectivity index (χ0n) is 15.6. The van der Waals surface area contributed by atoms with Crippen molar-refractivity contribution >= 4 is 29.3 Å². The second kappa shape index (κ2) is 7.12. The number of aromatic amines is 1. The van der Waals surface area contributed by atoms with Crippen molar-refractivity contribution in [1.29, 1.82) is 0 Å². The number of aliphatic hydroxyl groups excluding tert-OH is 1. The predicted octanol–water partition coefficient (Wildman–Crippen LogP) is 3.07. The molecule has 1 unspecified atom stereocenters. The summed E-state index contributed by atoms with van der Waals surface area (Å²) in [6, 6.07) is 8.83. The number of hydrogen-bond donors (Lipinski definition) is 2. The number of hydrogen-bond acceptors (Lipinski definition) is 4. The van der Waals surface area contributed by atoms with Crippen molar-refractivity contribution in [1.82, 2.24) is 9.88 Å². The van der Waals surface area contributed by atoms with Gasteiger partial charge in [-0.1, -0.05) is 18.2 Å². The number of H-pyrrole nitrogens is 1. The molecule has 2 aliphatic heterocycles. The van der Waals surface area contributed by atoms with Crippen LogP contribution in [0.15, 0.2) is 24.3 Å². The van der Waals surface area contributed by atoms with E-state index in [0.717, 1.165) is 32.4 Å². The number of methoxy groups -OCH3 is 1. The molecule has 0 spiro atoms. The van der Waals surface area contributed by atoms with E-state index in [1.807, 2.05) is 0 Å². The van der Waals surface area contributed by atoms with Gasteiger partial charge in [-0.05, 0) is 49.1 Å². The van der Waals surface area contributed by atoms with Crippen LogP contribution in [0, 0.1) is 17.8 Å². The maximum atomic E-state index is 12.4. The Labute approximate surface area is 165 Å². The number of aromatic nitrogens is 1. The third kappa shape index (κ3) is 2.87. The van der Waals surface area contributed by atoms with Crippen LogP contribution in [0.1, 0.15) is 36.6 Å². The number of benzene rings is 1. The first-order chi connectivity index (χ1) is 12.7. The molecule has 1 saturated carbocycles. The fraction of sp³-hybridized carbons (Fsp3) is 0.571. The molecule has 5 nitrogen and oxygen atoms in total. The number of aliphatic hydroxyl groups is 1. The van der Waals surface area contributed by atoms with Crippen molar-refractivity contribution in [2.45, 2.75) is 37.8 Å². The SMILES string of the molecule is COC(=O)C1[C@H]2C[C@H]3c4[nH]c5ccccc5c4CCN3C[C@@H]2CC[C@@H]1O.Cl. The molecule has 1 aromatic heterocycles. The van der Waals surface area contributed by atoms with Crippen LogP contribution in [0.3, 0.4) is 0 Å². The van der Waals surface area contributed by atoms with Crippen molar-refractivity contribution < 1.29 is 14.6 Å². The summed E-state index contributed by atoms with van der Waals surface area (Å²) < 4.78 is 5.04. The Morgan fingerprint density at radius 2 is 2.11 bits per heavy atom. The summed E-state index contributed by atoms with van der Waals surface area (Å²) in [6.45, 7) is 2.10. The second-order valence-electron chi connectivity index (χ2n) is 8.18. The largest absolute Gasteiger partial charge is 0.469 e. The van der Waals surface area contributed by atoms with E-state index in [4.69, 9.17) is 4.74 Å². The van der Waals surface area contributed by atoms with Gasteiger partial charge in [0.05, 0.1) is 25.2 Å². The summed E-state index contributed by atoms with van der Waals surface area (Å²) in [5.74, 6) is 0.0541. The highest BCUT2D eigenvalue weighted by Crippen LogP contribution is 2.49. The van der Waals surface area contributed by atoms with Crippen LogP contribution in [0.4, 0.5) is 0 Å². The highest BCUT2D eigenvalue weighted by Gasteiger charge is 2.49. The third-order valence-corrected chi connectivity index (χ3v) is 7.02. The summed E-state index contributed by atoms with van der Waals surface area (Å²) in [6.07, 6.45) is 3.14. The summed E-state index contributed by atoms with van der Waals surface area (Å²) in [4.78, 5) is 18.6. The Bertz CT molecular complexity index is 851. The lowest BCUT2D eigenvalue weighted by Crippen LogP contribution is -2.53. The molecule has 2 fully saturated rings. The van der Waals surface area contributed by atoms with Crippen LogP contribution in [-0.4, -0.2) is 47.3 Å². The van der Waals surface area contributed by atoms with Gasteiger partial charge in [-0.2, -0.15) is 0 Å². The maximum Gasteiger partial charge on any atom is 0.311 e. The topological polar surface area (TPSA) is 65.6 Å². The van der Waals surface area contributed by atoms with Crippen LogP contribution in [0.2, 0.25) is 0 Å². The lowest BCUT2D eigenvalue weighted by molar-refractivity contribution is -0.160. The highest BCUT2D eigenvalue weighted by molar-refractivity contribution is 5.85. The maximum absolute atomic E-state index is 12.4. The van der Waals surface area contributed by atoms with Gasteiger partial charge in [0.15, 0.2) is 0 Å². The van der Waals surface area contributed by atoms with Crippen molar-refractivity contribution in [3.05, 3.63) is 35.5 Å². The number of para-hydroxylation sites is 1. The number of carbonyl (C=O) groups excluding carboxylic acids is 1. The number of piperidine rings is 1. The van der Waals surface area contributed by atoms with Gasteiger partial charge < -0.3 is 14.8 Å². The van der Waals surface area contributed by atoms with Gasteiger partial charge in [-0.3, -0.25) is 9.69 Å². The van der Waals surface area contributed by atoms with E-state index < -0.39 is 6.10 Å². The second-order valence-corrected chi connectivity index (χ2v) is 8.18. The van der Waals surface area contributed by atoms with Gasteiger partial charge in [-0.25, -0.2) is 0 Å². The average molecular weight is 391 g/mol. The molecule has 0 bridgehead atoms.